The zero-order chi connectivity index (χ0) is 45.5. The van der Waals surface area contributed by atoms with Crippen LogP contribution < -0.4 is 9.80 Å². The highest BCUT2D eigenvalue weighted by Crippen LogP contribution is 2.50. The van der Waals surface area contributed by atoms with Crippen LogP contribution in [0.3, 0.4) is 0 Å². The number of rotatable bonds is 6. The van der Waals surface area contributed by atoms with Crippen molar-refractivity contribution in [2.45, 2.75) is 12.4 Å². The molecule has 0 aliphatic carbocycles. The van der Waals surface area contributed by atoms with Crippen LogP contribution in [0.25, 0.3) is 65.4 Å². The van der Waals surface area contributed by atoms with Gasteiger partial charge in [-0.2, -0.15) is 36.9 Å². The van der Waals surface area contributed by atoms with E-state index in [1.54, 1.807) is 48.5 Å². The molecule has 0 atom stereocenters. The van der Waals surface area contributed by atoms with Gasteiger partial charge in [0, 0.05) is 67.2 Å². The molecule has 66 heavy (non-hydrogen) atoms. The maximum Gasteiger partial charge on any atom is 0.416 e. The number of hydrogen-bond acceptors (Lipinski definition) is 6. The number of anilines is 6. The summed E-state index contributed by atoms with van der Waals surface area (Å²) in [7, 11) is 0. The van der Waals surface area contributed by atoms with Gasteiger partial charge in [-0.3, -0.25) is 0 Å². The van der Waals surface area contributed by atoms with E-state index in [0.717, 1.165) is 67.4 Å². The summed E-state index contributed by atoms with van der Waals surface area (Å²) in [5, 5.41) is 25.4. The molecule has 0 saturated heterocycles. The van der Waals surface area contributed by atoms with Gasteiger partial charge in [0.15, 0.2) is 11.2 Å². The maximum absolute atomic E-state index is 13.7. The Bertz CT molecular complexity index is 3550. The summed E-state index contributed by atoms with van der Waals surface area (Å²) < 4.78 is 96.1. The molecule has 2 heterocycles. The van der Waals surface area contributed by atoms with Gasteiger partial charge in [0.25, 0.3) is 0 Å². The molecule has 0 aliphatic heterocycles. The molecule has 0 fully saturated rings. The van der Waals surface area contributed by atoms with E-state index >= 15 is 0 Å². The Morgan fingerprint density at radius 1 is 0.379 bits per heavy atom. The second kappa shape index (κ2) is 14.9. The number of furan rings is 2. The molecule has 11 rings (SSSR count). The summed E-state index contributed by atoms with van der Waals surface area (Å²) >= 11 is 0. The number of halogens is 6. The first-order valence-electron chi connectivity index (χ1n) is 20.5. The van der Waals surface area contributed by atoms with Crippen LogP contribution in [0.1, 0.15) is 22.3 Å². The average Bonchev–Trinajstić information content (AvgIpc) is 3.91. The quantitative estimate of drug-likeness (QED) is 0.155. The van der Waals surface area contributed by atoms with Crippen molar-refractivity contribution < 1.29 is 35.2 Å². The van der Waals surface area contributed by atoms with Crippen LogP contribution in [-0.2, 0) is 12.4 Å². The van der Waals surface area contributed by atoms with E-state index in [9.17, 15) is 36.9 Å². The Hall–Kier alpha value is -8.74. The van der Waals surface area contributed by atoms with Crippen molar-refractivity contribution in [1.29, 1.82) is 10.5 Å². The van der Waals surface area contributed by atoms with Crippen molar-refractivity contribution in [1.82, 2.24) is 0 Å². The lowest BCUT2D eigenvalue weighted by atomic mass is 9.98. The van der Waals surface area contributed by atoms with Gasteiger partial charge in [0.2, 0.25) is 0 Å². The third kappa shape index (κ3) is 6.50. The van der Waals surface area contributed by atoms with E-state index in [-0.39, 0.29) is 0 Å². The fourth-order valence-electron chi connectivity index (χ4n) is 8.95. The smallest absolute Gasteiger partial charge is 0.416 e. The summed E-state index contributed by atoms with van der Waals surface area (Å²) in [6.45, 7) is 0. The van der Waals surface area contributed by atoms with Crippen LogP contribution in [0.2, 0.25) is 0 Å². The minimum Gasteiger partial charge on any atom is -0.452 e. The predicted molar refractivity (Wildman–Crippen MR) is 245 cm³/mol. The van der Waals surface area contributed by atoms with Gasteiger partial charge in [-0.25, -0.2) is 0 Å². The number of alkyl halides is 6. The van der Waals surface area contributed by atoms with Gasteiger partial charge in [-0.1, -0.05) is 48.5 Å². The average molecular weight is 879 g/mol. The summed E-state index contributed by atoms with van der Waals surface area (Å²) in [6.07, 6.45) is -9.08. The summed E-state index contributed by atoms with van der Waals surface area (Å²) in [4.78, 5) is 3.66. The molecule has 0 radical (unpaired) electrons. The molecule has 2 aromatic heterocycles. The first-order valence-corrected chi connectivity index (χ1v) is 20.5. The van der Waals surface area contributed by atoms with E-state index in [1.165, 1.54) is 24.3 Å². The predicted octanol–water partition coefficient (Wildman–Crippen LogP) is 16.5. The van der Waals surface area contributed by atoms with Crippen molar-refractivity contribution in [2.24, 2.45) is 0 Å². The first-order chi connectivity index (χ1) is 31.9. The number of hydrogen-bond donors (Lipinski definition) is 0. The highest BCUT2D eigenvalue weighted by molar-refractivity contribution is 6.29. The van der Waals surface area contributed by atoms with Gasteiger partial charge < -0.3 is 18.6 Å². The maximum atomic E-state index is 13.7. The Morgan fingerprint density at radius 2 is 0.697 bits per heavy atom. The first kappa shape index (κ1) is 40.1. The molecule has 318 valence electrons. The summed E-state index contributed by atoms with van der Waals surface area (Å²) in [6, 6.07) is 50.6. The second-order valence-electron chi connectivity index (χ2n) is 15.7. The molecule has 9 aromatic carbocycles. The van der Waals surface area contributed by atoms with Crippen molar-refractivity contribution >= 4 is 99.5 Å². The van der Waals surface area contributed by atoms with E-state index < -0.39 is 23.5 Å². The molecular weight excluding hydrogens is 851 g/mol. The lowest BCUT2D eigenvalue weighted by Gasteiger charge is -2.27. The van der Waals surface area contributed by atoms with Gasteiger partial charge in [-0.15, -0.1) is 0 Å². The van der Waals surface area contributed by atoms with Crippen molar-refractivity contribution in [2.75, 3.05) is 9.80 Å². The minimum atomic E-state index is -4.54. The van der Waals surface area contributed by atoms with Gasteiger partial charge in [-0.05, 0) is 120 Å². The molecule has 6 nitrogen and oxygen atoms in total. The molecule has 0 N–H and O–H groups in total. The largest absolute Gasteiger partial charge is 0.452 e. The highest BCUT2D eigenvalue weighted by atomic mass is 19.4. The Labute approximate surface area is 370 Å². The van der Waals surface area contributed by atoms with Crippen LogP contribution >= 0.6 is 0 Å². The third-order valence-corrected chi connectivity index (χ3v) is 11.9. The van der Waals surface area contributed by atoms with Crippen LogP contribution in [0.4, 0.5) is 60.5 Å². The Balaban J connectivity index is 1.14. The van der Waals surface area contributed by atoms with Crippen LogP contribution in [0.5, 0.6) is 0 Å². The van der Waals surface area contributed by atoms with Gasteiger partial charge in [0.05, 0.1) is 45.8 Å². The monoisotopic (exact) mass is 878 g/mol. The number of benzene rings is 9. The topological polar surface area (TPSA) is 80.3 Å². The van der Waals surface area contributed by atoms with Crippen LogP contribution in [0, 0.1) is 22.7 Å². The molecule has 11 aromatic rings. The van der Waals surface area contributed by atoms with Crippen LogP contribution in [-0.4, -0.2) is 0 Å². The fourth-order valence-corrected chi connectivity index (χ4v) is 8.95. The molecular formula is C54H28F6N4O2. The lowest BCUT2D eigenvalue weighted by molar-refractivity contribution is -0.138. The standard InChI is InChI=1S/C54H28F6N4O2/c55-53(56,57)33-13-21-37(22-14-33)63(35-17-9-31(29-61)10-18-35)45-27-47-49(41-7-3-1-5-39(41)45)43-25-26-44-50-42-8-4-2-6-40(42)46(28-48(50)66-52(44)51(43)65-47)64(36-19-11-32(30-62)12-20-36)38-23-15-34(16-24-38)54(58,59)60/h1-28H. The number of fused-ring (bicyclic) bond motifs is 11. The fraction of sp³-hybridized carbons (Fsp3) is 0.0370. The third-order valence-electron chi connectivity index (χ3n) is 11.9. The number of nitrogens with zero attached hydrogens (tertiary/aromatic N) is 4. The lowest BCUT2D eigenvalue weighted by Crippen LogP contribution is -2.11. The van der Waals surface area contributed by atoms with Gasteiger partial charge in [0.1, 0.15) is 11.2 Å². The molecule has 0 unspecified atom stereocenters. The second-order valence-corrected chi connectivity index (χ2v) is 15.7. The molecule has 12 heteroatoms. The highest BCUT2D eigenvalue weighted by Gasteiger charge is 2.32. The molecule has 0 aliphatic rings. The zero-order valence-electron chi connectivity index (χ0n) is 34.0. The van der Waals surface area contributed by atoms with E-state index in [1.807, 2.05) is 82.6 Å². The van der Waals surface area contributed by atoms with Crippen molar-refractivity contribution in [3.8, 4) is 12.1 Å². The Kier molecular flexibility index (Phi) is 9.06. The summed E-state index contributed by atoms with van der Waals surface area (Å²) in [5.41, 5.74) is 4.45. The molecule has 0 saturated carbocycles. The van der Waals surface area contributed by atoms with E-state index in [2.05, 4.69) is 12.1 Å². The zero-order valence-corrected chi connectivity index (χ0v) is 34.0. The van der Waals surface area contributed by atoms with Gasteiger partial charge >= 0.3 is 12.4 Å². The van der Waals surface area contributed by atoms with Crippen LogP contribution in [0.15, 0.2) is 179 Å². The SMILES string of the molecule is N#Cc1ccc(N(c2ccc(C(F)(F)F)cc2)c2cc3oc4c(ccc5c4oc4cc(N(c6ccc(C#N)cc6)c6ccc(C(F)(F)F)cc6)c6ccccc6c45)c3c3ccccc23)cc1. The van der Waals surface area contributed by atoms with Crippen molar-refractivity contribution in [3.05, 3.63) is 192 Å². The van der Waals surface area contributed by atoms with E-state index in [0.29, 0.717) is 67.6 Å². The molecule has 0 spiro atoms. The minimum absolute atomic E-state index is 0.417. The van der Waals surface area contributed by atoms with Crippen molar-refractivity contribution in [3.63, 3.8) is 0 Å². The van der Waals surface area contributed by atoms with E-state index in [4.69, 9.17) is 8.83 Å². The Morgan fingerprint density at radius 3 is 1.02 bits per heavy atom. The normalized spacial score (nSPS) is 12.1. The number of nitriles is 2. The summed E-state index contributed by atoms with van der Waals surface area (Å²) in [5.74, 6) is 0. The molecule has 0 bridgehead atoms. The molecule has 0 amide bonds.